The second kappa shape index (κ2) is 9.43. The van der Waals surface area contributed by atoms with E-state index in [1.165, 1.54) is 17.0 Å². The summed E-state index contributed by atoms with van der Waals surface area (Å²) < 4.78 is 45.5. The number of ether oxygens (including phenoxy) is 1. The summed E-state index contributed by atoms with van der Waals surface area (Å²) in [4.78, 5) is 1.30. The zero-order valence-corrected chi connectivity index (χ0v) is 16.6. The van der Waals surface area contributed by atoms with E-state index in [-0.39, 0.29) is 44.0 Å². The summed E-state index contributed by atoms with van der Waals surface area (Å²) in [5, 5.41) is 0. The Morgan fingerprint density at radius 2 is 2.04 bits per heavy atom. The molecule has 0 unspecified atom stereocenters. The molecule has 24 heavy (non-hydrogen) atoms. The van der Waals surface area contributed by atoms with E-state index >= 15 is 0 Å². The van der Waals surface area contributed by atoms with Gasteiger partial charge in [0.05, 0.1) is 19.0 Å². The standard InChI is InChI=1S/C18H19F3NO.Y/c1-4-9-23-14-6-7-15(16(19)10-14)17-8-5-12(2)13(3)22(17)11-18(20)21;/h5-7,10,18H,3-4,9,11H2,1-2H3;/q-1;. The molecule has 0 aliphatic carbocycles. The Bertz CT molecular complexity index is 656. The van der Waals surface area contributed by atoms with Crippen LogP contribution in [0, 0.1) is 11.9 Å². The first-order valence-corrected chi connectivity index (χ1v) is 7.42. The van der Waals surface area contributed by atoms with Crippen molar-refractivity contribution in [3.05, 3.63) is 59.6 Å². The van der Waals surface area contributed by atoms with Gasteiger partial charge in [-0.2, -0.15) is 12.2 Å². The summed E-state index contributed by atoms with van der Waals surface area (Å²) in [5.74, 6) is -0.128. The van der Waals surface area contributed by atoms with Crippen LogP contribution in [-0.4, -0.2) is 24.5 Å². The largest absolute Gasteiger partial charge is 0.494 e. The molecule has 1 aromatic rings. The molecule has 0 saturated carbocycles. The summed E-state index contributed by atoms with van der Waals surface area (Å²) in [6, 6.07) is 4.40. The first-order valence-electron chi connectivity index (χ1n) is 7.42. The molecular weight excluding hydrogens is 392 g/mol. The molecule has 0 N–H and O–H groups in total. The van der Waals surface area contributed by atoms with Crippen LogP contribution in [0.3, 0.4) is 0 Å². The minimum Gasteiger partial charge on any atom is -0.494 e. The van der Waals surface area contributed by atoms with Gasteiger partial charge in [-0.3, -0.25) is 0 Å². The van der Waals surface area contributed by atoms with E-state index in [0.29, 0.717) is 18.1 Å². The number of rotatable bonds is 6. The summed E-state index contributed by atoms with van der Waals surface area (Å²) in [5.41, 5.74) is 1.59. The van der Waals surface area contributed by atoms with Crippen LogP contribution in [0.25, 0.3) is 5.70 Å². The second-order valence-electron chi connectivity index (χ2n) is 5.26. The fourth-order valence-corrected chi connectivity index (χ4v) is 2.25. The monoisotopic (exact) mass is 411 g/mol. The molecule has 0 fully saturated rings. The molecule has 0 atom stereocenters. The van der Waals surface area contributed by atoms with Gasteiger partial charge in [0.2, 0.25) is 0 Å². The van der Waals surface area contributed by atoms with Crippen molar-refractivity contribution in [1.82, 2.24) is 4.90 Å². The second-order valence-corrected chi connectivity index (χ2v) is 5.26. The fourth-order valence-electron chi connectivity index (χ4n) is 2.25. The Balaban J connectivity index is 0.00000288. The van der Waals surface area contributed by atoms with Crippen molar-refractivity contribution < 1.29 is 50.6 Å². The van der Waals surface area contributed by atoms with E-state index in [2.05, 4.69) is 12.7 Å². The van der Waals surface area contributed by atoms with Gasteiger partial charge in [0.15, 0.2) is 0 Å². The minimum atomic E-state index is -2.57. The van der Waals surface area contributed by atoms with Gasteiger partial charge in [-0.15, -0.1) is 11.6 Å². The molecule has 0 spiro atoms. The van der Waals surface area contributed by atoms with Crippen molar-refractivity contribution in [3.8, 4) is 5.75 Å². The fraction of sp³-hybridized carbons (Fsp3) is 0.333. The summed E-state index contributed by atoms with van der Waals surface area (Å²) in [6.07, 6.45) is 2.75. The predicted octanol–water partition coefficient (Wildman–Crippen LogP) is 4.80. The maximum atomic E-state index is 14.4. The van der Waals surface area contributed by atoms with E-state index < -0.39 is 18.8 Å². The van der Waals surface area contributed by atoms with Crippen LogP contribution < -0.4 is 4.74 Å². The van der Waals surface area contributed by atoms with E-state index in [9.17, 15) is 13.2 Å². The van der Waals surface area contributed by atoms with Crippen LogP contribution >= 0.6 is 0 Å². The van der Waals surface area contributed by atoms with Crippen molar-refractivity contribution in [3.63, 3.8) is 0 Å². The number of nitrogens with zero attached hydrogens (tertiary/aromatic N) is 1. The maximum Gasteiger partial charge on any atom is 0.256 e. The first-order chi connectivity index (χ1) is 10.9. The molecule has 0 bridgehead atoms. The van der Waals surface area contributed by atoms with Crippen LogP contribution in [0.1, 0.15) is 25.8 Å². The molecule has 6 heteroatoms. The van der Waals surface area contributed by atoms with Crippen LogP contribution in [0.4, 0.5) is 13.2 Å². The van der Waals surface area contributed by atoms with Crippen molar-refractivity contribution in [2.24, 2.45) is 0 Å². The third kappa shape index (κ3) is 4.96. The zero-order valence-electron chi connectivity index (χ0n) is 13.8. The van der Waals surface area contributed by atoms with Gasteiger partial charge in [-0.1, -0.05) is 31.7 Å². The van der Waals surface area contributed by atoms with Gasteiger partial charge in [0, 0.05) is 38.8 Å². The first kappa shape index (κ1) is 21.0. The third-order valence-corrected chi connectivity index (χ3v) is 3.47. The van der Waals surface area contributed by atoms with Gasteiger partial charge in [-0.25, -0.2) is 13.2 Å². The average Bonchev–Trinajstić information content (AvgIpc) is 2.50. The SMILES string of the molecule is C=C1C(C)=C[C-]=C(c2ccc(OCCC)cc2F)N1CC(F)F.[Y]. The summed E-state index contributed by atoms with van der Waals surface area (Å²) in [6.45, 7) is 7.45. The summed E-state index contributed by atoms with van der Waals surface area (Å²) >= 11 is 0. The summed E-state index contributed by atoms with van der Waals surface area (Å²) in [7, 11) is 0. The van der Waals surface area contributed by atoms with Crippen molar-refractivity contribution >= 4 is 5.70 Å². The van der Waals surface area contributed by atoms with Crippen LogP contribution in [-0.2, 0) is 32.7 Å². The van der Waals surface area contributed by atoms with Gasteiger partial charge in [0.25, 0.3) is 6.43 Å². The number of benzene rings is 1. The molecule has 0 amide bonds. The number of halogens is 3. The molecule has 0 aromatic heterocycles. The molecule has 1 radical (unpaired) electrons. The molecule has 1 heterocycles. The smallest absolute Gasteiger partial charge is 0.256 e. The van der Waals surface area contributed by atoms with E-state index in [1.807, 2.05) is 6.92 Å². The third-order valence-electron chi connectivity index (χ3n) is 3.47. The van der Waals surface area contributed by atoms with Crippen LogP contribution in [0.15, 0.2) is 42.1 Å². The van der Waals surface area contributed by atoms with Crippen LogP contribution in [0.5, 0.6) is 5.75 Å². The molecule has 1 aromatic carbocycles. The van der Waals surface area contributed by atoms with Gasteiger partial charge >= 0.3 is 0 Å². The van der Waals surface area contributed by atoms with E-state index in [1.54, 1.807) is 19.1 Å². The van der Waals surface area contributed by atoms with E-state index in [0.717, 1.165) is 12.0 Å². The molecule has 2 nitrogen and oxygen atoms in total. The molecule has 1 aliphatic heterocycles. The number of hydrogen-bond donors (Lipinski definition) is 0. The number of alkyl halides is 2. The molecule has 0 saturated heterocycles. The number of hydrogen-bond acceptors (Lipinski definition) is 2. The zero-order chi connectivity index (χ0) is 17.0. The molecular formula is C18H19F3NOY-. The quantitative estimate of drug-likeness (QED) is 0.624. The Kier molecular flexibility index (Phi) is 8.24. The normalized spacial score (nSPS) is 14.2. The Hall–Kier alpha value is -1.07. The van der Waals surface area contributed by atoms with Crippen LogP contribution in [0.2, 0.25) is 0 Å². The molecule has 127 valence electrons. The van der Waals surface area contributed by atoms with Crippen molar-refractivity contribution in [1.29, 1.82) is 0 Å². The Morgan fingerprint density at radius 3 is 2.62 bits per heavy atom. The maximum absolute atomic E-state index is 14.4. The Morgan fingerprint density at radius 1 is 1.33 bits per heavy atom. The predicted molar refractivity (Wildman–Crippen MR) is 84.4 cm³/mol. The van der Waals surface area contributed by atoms with Gasteiger partial charge in [-0.05, 0) is 18.2 Å². The van der Waals surface area contributed by atoms with Crippen molar-refractivity contribution in [2.45, 2.75) is 26.7 Å². The van der Waals surface area contributed by atoms with Crippen molar-refractivity contribution in [2.75, 3.05) is 13.2 Å². The number of allylic oxidation sites excluding steroid dienone is 3. The molecule has 1 aliphatic rings. The van der Waals surface area contributed by atoms with E-state index in [4.69, 9.17) is 4.74 Å². The topological polar surface area (TPSA) is 12.5 Å². The molecule has 2 rings (SSSR count). The average molecular weight is 411 g/mol. The minimum absolute atomic E-state index is 0. The van der Waals surface area contributed by atoms with Gasteiger partial charge < -0.3 is 9.64 Å². The Labute approximate surface area is 165 Å². The van der Waals surface area contributed by atoms with Gasteiger partial charge in [0.1, 0.15) is 5.75 Å².